The number of ether oxygens (including phenoxy) is 1. The van der Waals surface area contributed by atoms with E-state index in [4.69, 9.17) is 9.15 Å². The summed E-state index contributed by atoms with van der Waals surface area (Å²) in [7, 11) is 1.56. The Morgan fingerprint density at radius 1 is 1.26 bits per heavy atom. The fourth-order valence-corrected chi connectivity index (χ4v) is 5.00. The van der Waals surface area contributed by atoms with Crippen molar-refractivity contribution < 1.29 is 9.15 Å². The fraction of sp³-hybridized carbons (Fsp3) is 0.250. The first-order valence-electron chi connectivity index (χ1n) is 8.74. The van der Waals surface area contributed by atoms with Gasteiger partial charge in [-0.3, -0.25) is 9.36 Å². The Balaban J connectivity index is 1.66. The Labute approximate surface area is 157 Å². The van der Waals surface area contributed by atoms with Gasteiger partial charge in [-0.25, -0.2) is 9.78 Å². The first-order chi connectivity index (χ1) is 13.1. The molecule has 0 aliphatic heterocycles. The van der Waals surface area contributed by atoms with Gasteiger partial charge in [0, 0.05) is 22.4 Å². The fourth-order valence-electron chi connectivity index (χ4n) is 3.78. The largest absolute Gasteiger partial charge is 0.497 e. The summed E-state index contributed by atoms with van der Waals surface area (Å²) >= 11 is 1.62. The maximum Gasteiger partial charge on any atom is 0.336 e. The number of hydrogen-bond acceptors (Lipinski definition) is 6. The molecule has 4 aromatic rings. The van der Waals surface area contributed by atoms with Crippen molar-refractivity contribution in [3.05, 3.63) is 67.4 Å². The molecule has 0 amide bonds. The van der Waals surface area contributed by atoms with Gasteiger partial charge in [0.1, 0.15) is 16.2 Å². The third-order valence-electron chi connectivity index (χ3n) is 5.07. The first-order valence-corrected chi connectivity index (χ1v) is 9.56. The van der Waals surface area contributed by atoms with E-state index in [2.05, 4.69) is 4.98 Å². The van der Waals surface area contributed by atoms with Crippen molar-refractivity contribution in [2.75, 3.05) is 7.11 Å². The van der Waals surface area contributed by atoms with E-state index in [0.717, 1.165) is 46.0 Å². The van der Waals surface area contributed by atoms with Crippen LogP contribution in [0.2, 0.25) is 0 Å². The Morgan fingerprint density at radius 3 is 3.00 bits per heavy atom. The van der Waals surface area contributed by atoms with Gasteiger partial charge in [0.15, 0.2) is 0 Å². The smallest absolute Gasteiger partial charge is 0.336 e. The van der Waals surface area contributed by atoms with Crippen LogP contribution in [-0.4, -0.2) is 16.7 Å². The number of rotatable bonds is 3. The maximum absolute atomic E-state index is 13.1. The molecule has 1 aromatic carbocycles. The molecule has 27 heavy (non-hydrogen) atoms. The predicted molar refractivity (Wildman–Crippen MR) is 104 cm³/mol. The van der Waals surface area contributed by atoms with Gasteiger partial charge in [0.05, 0.1) is 25.4 Å². The summed E-state index contributed by atoms with van der Waals surface area (Å²) in [6.07, 6.45) is 4.63. The van der Waals surface area contributed by atoms with Crippen LogP contribution in [0.5, 0.6) is 5.75 Å². The summed E-state index contributed by atoms with van der Waals surface area (Å²) in [4.78, 5) is 31.7. The molecule has 1 aliphatic rings. The van der Waals surface area contributed by atoms with Crippen LogP contribution in [0.4, 0.5) is 0 Å². The molecule has 0 atom stereocenters. The van der Waals surface area contributed by atoms with E-state index in [1.54, 1.807) is 35.4 Å². The second-order valence-electron chi connectivity index (χ2n) is 6.67. The summed E-state index contributed by atoms with van der Waals surface area (Å²) in [6, 6.07) is 6.76. The van der Waals surface area contributed by atoms with Crippen LogP contribution in [0.1, 0.15) is 22.4 Å². The van der Waals surface area contributed by atoms with Crippen molar-refractivity contribution in [3.63, 3.8) is 0 Å². The number of benzene rings is 1. The molecule has 0 saturated heterocycles. The van der Waals surface area contributed by atoms with Crippen molar-refractivity contribution in [2.45, 2.75) is 25.8 Å². The zero-order chi connectivity index (χ0) is 18.5. The van der Waals surface area contributed by atoms with Crippen molar-refractivity contribution in [1.29, 1.82) is 0 Å². The Morgan fingerprint density at radius 2 is 2.15 bits per heavy atom. The Hall–Kier alpha value is -2.93. The van der Waals surface area contributed by atoms with Crippen LogP contribution >= 0.6 is 11.3 Å². The third-order valence-corrected chi connectivity index (χ3v) is 6.27. The summed E-state index contributed by atoms with van der Waals surface area (Å²) < 4.78 is 12.1. The lowest BCUT2D eigenvalue weighted by molar-refractivity contribution is 0.414. The highest BCUT2D eigenvalue weighted by Crippen LogP contribution is 2.34. The van der Waals surface area contributed by atoms with Crippen LogP contribution in [0, 0.1) is 0 Å². The minimum absolute atomic E-state index is 0.0469. The molecule has 0 bridgehead atoms. The summed E-state index contributed by atoms with van der Waals surface area (Å²) in [5, 5.41) is 1.52. The lowest BCUT2D eigenvalue weighted by Gasteiger charge is -2.09. The molecule has 5 rings (SSSR count). The normalized spacial score (nSPS) is 13.4. The molecule has 3 aromatic heterocycles. The molecule has 0 N–H and O–H groups in total. The number of thiophene rings is 1. The predicted octanol–water partition coefficient (Wildman–Crippen LogP) is 3.11. The zero-order valence-corrected chi connectivity index (χ0v) is 15.5. The minimum atomic E-state index is -0.454. The molecule has 0 saturated carbocycles. The Kier molecular flexibility index (Phi) is 3.65. The van der Waals surface area contributed by atoms with Gasteiger partial charge in [0.2, 0.25) is 0 Å². The van der Waals surface area contributed by atoms with Gasteiger partial charge in [-0.15, -0.1) is 11.3 Å². The van der Waals surface area contributed by atoms with Crippen LogP contribution < -0.4 is 15.9 Å². The second-order valence-corrected chi connectivity index (χ2v) is 7.75. The summed E-state index contributed by atoms with van der Waals surface area (Å²) in [6.45, 7) is 0.265. The quantitative estimate of drug-likeness (QED) is 0.511. The van der Waals surface area contributed by atoms with Crippen LogP contribution in [-0.2, 0) is 19.4 Å². The van der Waals surface area contributed by atoms with Gasteiger partial charge in [-0.2, -0.15) is 0 Å². The van der Waals surface area contributed by atoms with Crippen LogP contribution in [0.25, 0.3) is 21.2 Å². The van der Waals surface area contributed by atoms with Crippen molar-refractivity contribution in [2.24, 2.45) is 0 Å². The van der Waals surface area contributed by atoms with E-state index in [-0.39, 0.29) is 12.1 Å². The minimum Gasteiger partial charge on any atom is -0.497 e. The third kappa shape index (κ3) is 2.57. The number of hydrogen-bond donors (Lipinski definition) is 0. The number of aryl methyl sites for hydroxylation is 2. The number of methoxy groups -OCH3 is 1. The van der Waals surface area contributed by atoms with Gasteiger partial charge >= 0.3 is 5.63 Å². The number of nitrogens with zero attached hydrogens (tertiary/aromatic N) is 2. The lowest BCUT2D eigenvalue weighted by atomic mass is 10.1. The lowest BCUT2D eigenvalue weighted by Crippen LogP contribution is -2.22. The zero-order valence-electron chi connectivity index (χ0n) is 14.7. The molecule has 0 radical (unpaired) electrons. The molecule has 0 spiro atoms. The Bertz CT molecular complexity index is 1320. The van der Waals surface area contributed by atoms with E-state index in [1.807, 2.05) is 12.1 Å². The molecule has 136 valence electrons. The van der Waals surface area contributed by atoms with Crippen molar-refractivity contribution >= 4 is 32.5 Å². The molecule has 7 heteroatoms. The van der Waals surface area contributed by atoms with Gasteiger partial charge in [-0.1, -0.05) is 0 Å². The highest BCUT2D eigenvalue weighted by molar-refractivity contribution is 7.18. The van der Waals surface area contributed by atoms with Gasteiger partial charge < -0.3 is 9.15 Å². The average Bonchev–Trinajstić information content (AvgIpc) is 3.24. The molecule has 1 aliphatic carbocycles. The molecule has 6 nitrogen and oxygen atoms in total. The standard InChI is InChI=1S/C20H16N2O4S/c1-25-12-5-6-13-11(7-17(23)26-15(13)8-12)9-22-10-21-19-18(20(22)24)14-3-2-4-16(14)27-19/h5-8,10H,2-4,9H2,1H3. The van der Waals surface area contributed by atoms with Crippen molar-refractivity contribution in [1.82, 2.24) is 9.55 Å². The second kappa shape index (κ2) is 6.06. The van der Waals surface area contributed by atoms with Gasteiger partial charge in [-0.05, 0) is 42.5 Å². The van der Waals surface area contributed by atoms with Gasteiger partial charge in [0.25, 0.3) is 5.56 Å². The molecule has 0 fully saturated rings. The number of fused-ring (bicyclic) bond motifs is 4. The van der Waals surface area contributed by atoms with Crippen molar-refractivity contribution in [3.8, 4) is 5.75 Å². The number of aromatic nitrogens is 2. The monoisotopic (exact) mass is 380 g/mol. The van der Waals surface area contributed by atoms with E-state index in [1.165, 1.54) is 10.9 Å². The van der Waals surface area contributed by atoms with E-state index >= 15 is 0 Å². The molecule has 3 heterocycles. The maximum atomic E-state index is 13.1. The summed E-state index contributed by atoms with van der Waals surface area (Å²) in [5.74, 6) is 0.608. The average molecular weight is 380 g/mol. The first kappa shape index (κ1) is 16.3. The van der Waals surface area contributed by atoms with E-state index in [0.29, 0.717) is 11.3 Å². The van der Waals surface area contributed by atoms with E-state index in [9.17, 15) is 9.59 Å². The topological polar surface area (TPSA) is 74.3 Å². The highest BCUT2D eigenvalue weighted by Gasteiger charge is 2.21. The van der Waals surface area contributed by atoms with E-state index < -0.39 is 5.63 Å². The highest BCUT2D eigenvalue weighted by atomic mass is 32.1. The molecular formula is C20H16N2O4S. The molecular weight excluding hydrogens is 364 g/mol. The molecule has 0 unspecified atom stereocenters. The van der Waals surface area contributed by atoms with Crippen LogP contribution in [0.15, 0.2) is 44.6 Å². The SMILES string of the molecule is COc1ccc2c(Cn3cnc4sc5c(c4c3=O)CCC5)cc(=O)oc2c1. The van der Waals surface area contributed by atoms with Crippen LogP contribution in [0.3, 0.4) is 0 Å². The summed E-state index contributed by atoms with van der Waals surface area (Å²) in [5.41, 5.74) is 1.82.